The molecule has 0 radical (unpaired) electrons. The number of rotatable bonds is 3. The summed E-state index contributed by atoms with van der Waals surface area (Å²) in [4.78, 5) is 33.1. The van der Waals surface area contributed by atoms with Gasteiger partial charge in [-0.3, -0.25) is 14.3 Å². The zero-order valence-corrected chi connectivity index (χ0v) is 16.9. The van der Waals surface area contributed by atoms with Crippen LogP contribution in [0, 0.1) is 5.95 Å². The van der Waals surface area contributed by atoms with Crippen molar-refractivity contribution in [3.63, 3.8) is 0 Å². The smallest absolute Gasteiger partial charge is 0.274 e. The molecule has 2 amide bonds. The molecule has 2 aliphatic heterocycles. The molecule has 3 aromatic rings. The number of fused-ring (bicyclic) bond motifs is 1. The van der Waals surface area contributed by atoms with Gasteiger partial charge in [0.15, 0.2) is 5.69 Å². The number of hydrogen-bond acceptors (Lipinski definition) is 4. The largest absolute Gasteiger partial charge is 0.330 e. The molecule has 5 rings (SSSR count). The van der Waals surface area contributed by atoms with Gasteiger partial charge in [0.1, 0.15) is 5.69 Å². The number of pyridine rings is 1. The fourth-order valence-electron chi connectivity index (χ4n) is 4.41. The van der Waals surface area contributed by atoms with Gasteiger partial charge in [-0.2, -0.15) is 9.49 Å². The summed E-state index contributed by atoms with van der Waals surface area (Å²) < 4.78 is 15.2. The van der Waals surface area contributed by atoms with Crippen molar-refractivity contribution in [1.29, 1.82) is 0 Å². The number of benzene rings is 1. The van der Waals surface area contributed by atoms with Crippen molar-refractivity contribution in [1.82, 2.24) is 24.6 Å². The minimum absolute atomic E-state index is 0.0598. The van der Waals surface area contributed by atoms with Crippen LogP contribution in [0.25, 0.3) is 0 Å². The molecule has 7 nitrogen and oxygen atoms in total. The van der Waals surface area contributed by atoms with Crippen LogP contribution in [0.15, 0.2) is 54.6 Å². The Morgan fingerprint density at radius 3 is 2.58 bits per heavy atom. The van der Waals surface area contributed by atoms with E-state index >= 15 is 0 Å². The van der Waals surface area contributed by atoms with Crippen molar-refractivity contribution in [3.05, 3.63) is 83.2 Å². The van der Waals surface area contributed by atoms with Crippen LogP contribution in [-0.4, -0.2) is 49.5 Å². The van der Waals surface area contributed by atoms with Crippen LogP contribution in [0.5, 0.6) is 0 Å². The minimum atomic E-state index is -0.681. The molecule has 31 heavy (non-hydrogen) atoms. The Labute approximate surface area is 179 Å². The number of carbonyl (C=O) groups excluding carboxylic acids is 2. The molecule has 1 fully saturated rings. The van der Waals surface area contributed by atoms with Gasteiger partial charge in [0, 0.05) is 13.1 Å². The summed E-state index contributed by atoms with van der Waals surface area (Å²) in [6.07, 6.45) is 1.90. The Morgan fingerprint density at radius 1 is 0.935 bits per heavy atom. The lowest BCUT2D eigenvalue weighted by Crippen LogP contribution is -2.38. The van der Waals surface area contributed by atoms with E-state index < -0.39 is 5.95 Å². The maximum atomic E-state index is 13.4. The van der Waals surface area contributed by atoms with E-state index in [0.29, 0.717) is 31.9 Å². The highest BCUT2D eigenvalue weighted by Crippen LogP contribution is 2.33. The zero-order valence-electron chi connectivity index (χ0n) is 16.9. The standard InChI is InChI=1S/C23H22FN5O2/c24-21-10-4-8-18(25-21)22(30)27-12-13-29-17(15-27)14-19(26-29)23(31)28-11-5-9-20(28)16-6-2-1-3-7-16/h1-4,6-8,10,14,20H,5,9,11-13,15H2. The van der Waals surface area contributed by atoms with Gasteiger partial charge in [0.2, 0.25) is 5.95 Å². The fraction of sp³-hybridized carbons (Fsp3) is 0.304. The second-order valence-corrected chi connectivity index (χ2v) is 7.88. The highest BCUT2D eigenvalue weighted by molar-refractivity contribution is 5.93. The monoisotopic (exact) mass is 419 g/mol. The van der Waals surface area contributed by atoms with Crippen LogP contribution in [0.2, 0.25) is 0 Å². The quantitative estimate of drug-likeness (QED) is 0.612. The van der Waals surface area contributed by atoms with Gasteiger partial charge < -0.3 is 9.80 Å². The number of halogens is 1. The van der Waals surface area contributed by atoms with Gasteiger partial charge in [0.05, 0.1) is 24.8 Å². The second-order valence-electron chi connectivity index (χ2n) is 7.88. The molecule has 1 atom stereocenters. The molecule has 0 spiro atoms. The van der Waals surface area contributed by atoms with Crippen LogP contribution in [-0.2, 0) is 13.1 Å². The predicted octanol–water partition coefficient (Wildman–Crippen LogP) is 3.05. The number of hydrogen-bond donors (Lipinski definition) is 0. The molecule has 0 saturated carbocycles. The van der Waals surface area contributed by atoms with E-state index in [1.54, 1.807) is 15.6 Å². The Hall–Kier alpha value is -3.55. The number of carbonyl (C=O) groups is 2. The topological polar surface area (TPSA) is 71.3 Å². The molecule has 1 unspecified atom stereocenters. The van der Waals surface area contributed by atoms with E-state index in [-0.39, 0.29) is 23.6 Å². The first-order valence-corrected chi connectivity index (χ1v) is 10.4. The SMILES string of the molecule is O=C(c1cccc(F)n1)N1CCn2nc(C(=O)N3CCCC3c3ccccc3)cc2C1. The highest BCUT2D eigenvalue weighted by atomic mass is 19.1. The maximum absolute atomic E-state index is 13.4. The maximum Gasteiger partial charge on any atom is 0.274 e. The van der Waals surface area contributed by atoms with Crippen LogP contribution in [0.3, 0.4) is 0 Å². The molecule has 2 aliphatic rings. The van der Waals surface area contributed by atoms with Gasteiger partial charge in [-0.05, 0) is 36.6 Å². The van der Waals surface area contributed by atoms with Gasteiger partial charge in [0.25, 0.3) is 11.8 Å². The summed E-state index contributed by atoms with van der Waals surface area (Å²) in [5, 5.41) is 4.52. The van der Waals surface area contributed by atoms with Gasteiger partial charge in [-0.1, -0.05) is 36.4 Å². The molecule has 1 aromatic carbocycles. The van der Waals surface area contributed by atoms with E-state index in [1.165, 1.54) is 18.2 Å². The zero-order chi connectivity index (χ0) is 21.4. The Bertz CT molecular complexity index is 1130. The van der Waals surface area contributed by atoms with Crippen molar-refractivity contribution in [2.75, 3.05) is 13.1 Å². The van der Waals surface area contributed by atoms with Crippen LogP contribution >= 0.6 is 0 Å². The Balaban J connectivity index is 1.34. The molecular formula is C23H22FN5O2. The number of aromatic nitrogens is 3. The summed E-state index contributed by atoms with van der Waals surface area (Å²) >= 11 is 0. The molecule has 0 bridgehead atoms. The van der Waals surface area contributed by atoms with Crippen molar-refractivity contribution in [2.24, 2.45) is 0 Å². The third-order valence-corrected chi connectivity index (χ3v) is 5.94. The van der Waals surface area contributed by atoms with Crippen LogP contribution < -0.4 is 0 Å². The summed E-state index contributed by atoms with van der Waals surface area (Å²) in [6.45, 7) is 1.91. The Kier molecular flexibility index (Phi) is 4.97. The van der Waals surface area contributed by atoms with E-state index in [9.17, 15) is 14.0 Å². The number of likely N-dealkylation sites (tertiary alicyclic amines) is 1. The summed E-state index contributed by atoms with van der Waals surface area (Å²) in [6, 6.07) is 16.1. The molecular weight excluding hydrogens is 397 g/mol. The average molecular weight is 419 g/mol. The third kappa shape index (κ3) is 3.69. The highest BCUT2D eigenvalue weighted by Gasteiger charge is 2.33. The lowest BCUT2D eigenvalue weighted by molar-refractivity contribution is 0.0693. The third-order valence-electron chi connectivity index (χ3n) is 5.94. The van der Waals surface area contributed by atoms with Crippen LogP contribution in [0.1, 0.15) is 51.1 Å². The summed E-state index contributed by atoms with van der Waals surface area (Å²) in [5.74, 6) is -1.10. The fourth-order valence-corrected chi connectivity index (χ4v) is 4.41. The molecule has 158 valence electrons. The molecule has 0 N–H and O–H groups in total. The van der Waals surface area contributed by atoms with Crippen molar-refractivity contribution in [3.8, 4) is 0 Å². The normalized spacial score (nSPS) is 18.2. The van der Waals surface area contributed by atoms with E-state index in [0.717, 1.165) is 24.1 Å². The number of amides is 2. The molecule has 2 aromatic heterocycles. The lowest BCUT2D eigenvalue weighted by atomic mass is 10.0. The van der Waals surface area contributed by atoms with Gasteiger partial charge in [-0.25, -0.2) is 4.98 Å². The van der Waals surface area contributed by atoms with Crippen molar-refractivity contribution < 1.29 is 14.0 Å². The molecule has 1 saturated heterocycles. The van der Waals surface area contributed by atoms with Crippen molar-refractivity contribution >= 4 is 11.8 Å². The average Bonchev–Trinajstić information content (AvgIpc) is 3.45. The first-order chi connectivity index (χ1) is 15.1. The summed E-state index contributed by atoms with van der Waals surface area (Å²) in [7, 11) is 0. The first kappa shape index (κ1) is 19.4. The van der Waals surface area contributed by atoms with Gasteiger partial charge >= 0.3 is 0 Å². The molecule has 8 heteroatoms. The molecule has 0 aliphatic carbocycles. The Morgan fingerprint density at radius 2 is 1.77 bits per heavy atom. The number of nitrogens with zero attached hydrogens (tertiary/aromatic N) is 5. The van der Waals surface area contributed by atoms with E-state index in [4.69, 9.17) is 0 Å². The summed E-state index contributed by atoms with van der Waals surface area (Å²) in [5.41, 5.74) is 2.40. The first-order valence-electron chi connectivity index (χ1n) is 10.4. The van der Waals surface area contributed by atoms with E-state index in [2.05, 4.69) is 22.2 Å². The van der Waals surface area contributed by atoms with Crippen molar-refractivity contribution in [2.45, 2.75) is 32.0 Å². The van der Waals surface area contributed by atoms with Crippen LogP contribution in [0.4, 0.5) is 4.39 Å². The second kappa shape index (κ2) is 7.94. The lowest BCUT2D eigenvalue weighted by Gasteiger charge is -2.27. The van der Waals surface area contributed by atoms with E-state index in [1.807, 2.05) is 23.1 Å². The molecule has 4 heterocycles. The minimum Gasteiger partial charge on any atom is -0.330 e. The predicted molar refractivity (Wildman–Crippen MR) is 111 cm³/mol. The van der Waals surface area contributed by atoms with Gasteiger partial charge in [-0.15, -0.1) is 0 Å².